The zero-order valence-electron chi connectivity index (χ0n) is 12.1. The second-order valence-electron chi connectivity index (χ2n) is 5.70. The Morgan fingerprint density at radius 3 is 2.65 bits per heavy atom. The van der Waals surface area contributed by atoms with Gasteiger partial charge in [0.15, 0.2) is 5.78 Å². The molecule has 1 aliphatic rings. The predicted octanol–water partition coefficient (Wildman–Crippen LogP) is 5.89. The smallest absolute Gasteiger partial charge is 0.167 e. The average molecular weight is 342 g/mol. The Kier molecular flexibility index (Phi) is 3.51. The molecule has 4 heteroatoms. The quantitative estimate of drug-likeness (QED) is 0.598. The van der Waals surface area contributed by atoms with Crippen LogP contribution in [0.15, 0.2) is 54.6 Å². The average Bonchev–Trinajstić information content (AvgIpc) is 2.54. The van der Waals surface area contributed by atoms with E-state index in [1.165, 1.54) is 0 Å². The van der Waals surface area contributed by atoms with Crippen LogP contribution in [-0.2, 0) is 0 Å². The van der Waals surface area contributed by atoms with Crippen LogP contribution in [0.3, 0.4) is 0 Å². The van der Waals surface area contributed by atoms with E-state index in [2.05, 4.69) is 5.32 Å². The van der Waals surface area contributed by atoms with Gasteiger partial charge in [-0.15, -0.1) is 0 Å². The summed E-state index contributed by atoms with van der Waals surface area (Å²) in [6, 6.07) is 17.2. The summed E-state index contributed by atoms with van der Waals surface area (Å²) < 4.78 is 0. The first-order valence-corrected chi connectivity index (χ1v) is 8.15. The summed E-state index contributed by atoms with van der Waals surface area (Å²) in [5.41, 5.74) is 2.52. The lowest BCUT2D eigenvalue weighted by Gasteiger charge is -2.28. The molecule has 1 atom stereocenters. The van der Waals surface area contributed by atoms with Gasteiger partial charge < -0.3 is 5.32 Å². The highest BCUT2D eigenvalue weighted by Crippen LogP contribution is 2.39. The fraction of sp³-hybridized carbons (Fsp3) is 0.105. The van der Waals surface area contributed by atoms with Gasteiger partial charge in [0.1, 0.15) is 0 Å². The number of benzene rings is 3. The van der Waals surface area contributed by atoms with Crippen molar-refractivity contribution >= 4 is 45.4 Å². The maximum Gasteiger partial charge on any atom is 0.167 e. The van der Waals surface area contributed by atoms with Gasteiger partial charge in [-0.2, -0.15) is 0 Å². The number of Topliss-reactive ketones (excluding diaryl/α,β-unsaturated/α-hetero) is 1. The molecule has 0 bridgehead atoms. The Balaban J connectivity index is 1.81. The molecule has 3 aromatic rings. The van der Waals surface area contributed by atoms with Crippen LogP contribution in [0.2, 0.25) is 10.0 Å². The molecular weight excluding hydrogens is 329 g/mol. The number of carbonyl (C=O) groups is 1. The van der Waals surface area contributed by atoms with Crippen molar-refractivity contribution in [3.63, 3.8) is 0 Å². The lowest BCUT2D eigenvalue weighted by atomic mass is 9.89. The largest absolute Gasteiger partial charge is 0.377 e. The molecule has 114 valence electrons. The third-order valence-electron chi connectivity index (χ3n) is 4.27. The number of nitrogens with one attached hydrogen (secondary N) is 1. The van der Waals surface area contributed by atoms with E-state index < -0.39 is 0 Å². The van der Waals surface area contributed by atoms with Crippen molar-refractivity contribution in [2.45, 2.75) is 12.5 Å². The zero-order valence-corrected chi connectivity index (χ0v) is 13.7. The molecule has 23 heavy (non-hydrogen) atoms. The second-order valence-corrected chi connectivity index (χ2v) is 6.54. The number of rotatable bonds is 1. The third-order valence-corrected chi connectivity index (χ3v) is 4.83. The fourth-order valence-corrected chi connectivity index (χ4v) is 3.73. The van der Waals surface area contributed by atoms with E-state index in [-0.39, 0.29) is 11.8 Å². The summed E-state index contributed by atoms with van der Waals surface area (Å²) in [5.74, 6) is 0.131. The lowest BCUT2D eigenvalue weighted by Crippen LogP contribution is -2.23. The number of fused-ring (bicyclic) bond motifs is 3. The summed E-state index contributed by atoms with van der Waals surface area (Å²) in [6.07, 6.45) is 0.377. The van der Waals surface area contributed by atoms with Crippen molar-refractivity contribution in [2.75, 3.05) is 5.32 Å². The van der Waals surface area contributed by atoms with Gasteiger partial charge in [0.2, 0.25) is 0 Å². The van der Waals surface area contributed by atoms with Crippen molar-refractivity contribution in [3.05, 3.63) is 75.8 Å². The van der Waals surface area contributed by atoms with Crippen molar-refractivity contribution in [2.24, 2.45) is 0 Å². The van der Waals surface area contributed by atoms with E-state index >= 15 is 0 Å². The minimum Gasteiger partial charge on any atom is -0.377 e. The van der Waals surface area contributed by atoms with Crippen molar-refractivity contribution in [1.82, 2.24) is 0 Å². The van der Waals surface area contributed by atoms with Crippen molar-refractivity contribution in [1.29, 1.82) is 0 Å². The van der Waals surface area contributed by atoms with E-state index in [1.54, 1.807) is 12.1 Å². The molecule has 0 amide bonds. The van der Waals surface area contributed by atoms with Crippen LogP contribution in [0.1, 0.15) is 28.4 Å². The molecule has 0 saturated heterocycles. The van der Waals surface area contributed by atoms with Crippen LogP contribution in [0.25, 0.3) is 10.8 Å². The van der Waals surface area contributed by atoms with Crippen LogP contribution in [-0.4, -0.2) is 5.78 Å². The van der Waals surface area contributed by atoms with Crippen LogP contribution < -0.4 is 5.32 Å². The Bertz CT molecular complexity index is 936. The van der Waals surface area contributed by atoms with Crippen LogP contribution in [0.5, 0.6) is 0 Å². The molecule has 1 heterocycles. The number of hydrogen-bond acceptors (Lipinski definition) is 2. The van der Waals surface area contributed by atoms with E-state index in [1.807, 2.05) is 42.5 Å². The van der Waals surface area contributed by atoms with E-state index in [4.69, 9.17) is 23.2 Å². The molecule has 0 fully saturated rings. The summed E-state index contributed by atoms with van der Waals surface area (Å²) in [4.78, 5) is 12.8. The van der Waals surface area contributed by atoms with Crippen molar-refractivity contribution in [3.8, 4) is 0 Å². The van der Waals surface area contributed by atoms with Gasteiger partial charge in [-0.05, 0) is 34.5 Å². The maximum absolute atomic E-state index is 12.8. The molecule has 3 aromatic carbocycles. The molecule has 1 aliphatic heterocycles. The fourth-order valence-electron chi connectivity index (χ4n) is 3.19. The van der Waals surface area contributed by atoms with Gasteiger partial charge in [-0.25, -0.2) is 0 Å². The maximum atomic E-state index is 12.8. The van der Waals surface area contributed by atoms with Crippen molar-refractivity contribution < 1.29 is 4.79 Å². The van der Waals surface area contributed by atoms with Gasteiger partial charge >= 0.3 is 0 Å². The minimum absolute atomic E-state index is 0.131. The predicted molar refractivity (Wildman–Crippen MR) is 95.7 cm³/mol. The molecule has 0 aromatic heterocycles. The van der Waals surface area contributed by atoms with Crippen LogP contribution >= 0.6 is 23.2 Å². The first-order valence-electron chi connectivity index (χ1n) is 7.40. The molecule has 0 radical (unpaired) electrons. The zero-order chi connectivity index (χ0) is 16.0. The van der Waals surface area contributed by atoms with Gasteiger partial charge in [-0.1, -0.05) is 59.6 Å². The highest BCUT2D eigenvalue weighted by molar-refractivity contribution is 6.35. The molecule has 4 rings (SSSR count). The standard InChI is InChI=1S/C19H13Cl2NO/c20-12-6-7-14(15(21)9-12)17-10-18(23)19-13-4-2-1-3-11(13)5-8-16(19)22-17/h1-9,17,22H,10H2. The number of ketones is 1. The molecule has 0 spiro atoms. The molecule has 1 N–H and O–H groups in total. The van der Waals surface area contributed by atoms with E-state index in [0.717, 1.165) is 27.6 Å². The van der Waals surface area contributed by atoms with Crippen LogP contribution in [0, 0.1) is 0 Å². The Morgan fingerprint density at radius 2 is 1.83 bits per heavy atom. The summed E-state index contributed by atoms with van der Waals surface area (Å²) in [6.45, 7) is 0. The first kappa shape index (κ1) is 14.6. The minimum atomic E-state index is -0.138. The Hall–Kier alpha value is -2.03. The molecular formula is C19H13Cl2NO. The lowest BCUT2D eigenvalue weighted by molar-refractivity contribution is 0.0974. The van der Waals surface area contributed by atoms with E-state index in [0.29, 0.717) is 16.5 Å². The topological polar surface area (TPSA) is 29.1 Å². The number of carbonyl (C=O) groups excluding carboxylic acids is 1. The molecule has 0 saturated carbocycles. The second kappa shape index (κ2) is 5.55. The van der Waals surface area contributed by atoms with Crippen LogP contribution in [0.4, 0.5) is 5.69 Å². The van der Waals surface area contributed by atoms with E-state index in [9.17, 15) is 4.79 Å². The summed E-state index contributed by atoms with van der Waals surface area (Å²) in [5, 5.41) is 6.68. The summed E-state index contributed by atoms with van der Waals surface area (Å²) in [7, 11) is 0. The molecule has 2 nitrogen and oxygen atoms in total. The normalized spacial score (nSPS) is 17.0. The Morgan fingerprint density at radius 1 is 1.00 bits per heavy atom. The molecule has 0 aliphatic carbocycles. The number of hydrogen-bond donors (Lipinski definition) is 1. The molecule has 1 unspecified atom stereocenters. The SMILES string of the molecule is O=C1CC(c2ccc(Cl)cc2Cl)Nc2ccc3ccccc3c21. The van der Waals surface area contributed by atoms with Gasteiger partial charge in [0.25, 0.3) is 0 Å². The Labute approximate surface area is 144 Å². The van der Waals surface area contributed by atoms with Gasteiger partial charge in [0, 0.05) is 27.7 Å². The first-order chi connectivity index (χ1) is 11.1. The third kappa shape index (κ3) is 2.48. The number of anilines is 1. The highest BCUT2D eigenvalue weighted by Gasteiger charge is 2.28. The van der Waals surface area contributed by atoms with Gasteiger partial charge in [0.05, 0.1) is 6.04 Å². The van der Waals surface area contributed by atoms with Gasteiger partial charge in [-0.3, -0.25) is 4.79 Å². The highest BCUT2D eigenvalue weighted by atomic mass is 35.5. The monoisotopic (exact) mass is 341 g/mol. The number of halogens is 2. The summed E-state index contributed by atoms with van der Waals surface area (Å²) >= 11 is 12.3.